The van der Waals surface area contributed by atoms with Crippen molar-refractivity contribution in [1.82, 2.24) is 4.98 Å². The first-order valence-electron chi connectivity index (χ1n) is 4.84. The van der Waals surface area contributed by atoms with Gasteiger partial charge in [-0.1, -0.05) is 12.1 Å². The molecule has 0 fully saturated rings. The Balaban J connectivity index is 2.56. The van der Waals surface area contributed by atoms with Crippen LogP contribution >= 0.6 is 0 Å². The van der Waals surface area contributed by atoms with E-state index in [1.807, 2.05) is 0 Å². The molecule has 0 aliphatic heterocycles. The Morgan fingerprint density at radius 2 is 1.89 bits per heavy atom. The molecule has 92 valence electrons. The molecule has 0 saturated heterocycles. The van der Waals surface area contributed by atoms with E-state index in [-0.39, 0.29) is 11.1 Å². The second-order valence-electron chi connectivity index (χ2n) is 3.46. The Hall–Kier alpha value is -2.37. The molecule has 0 radical (unpaired) electrons. The normalized spacial score (nSPS) is 10.4. The van der Waals surface area contributed by atoms with Gasteiger partial charge in [0.25, 0.3) is 0 Å². The zero-order valence-corrected chi connectivity index (χ0v) is 8.82. The fourth-order valence-corrected chi connectivity index (χ4v) is 1.47. The van der Waals surface area contributed by atoms with Gasteiger partial charge in [-0.25, -0.2) is 22.9 Å². The maximum atomic E-state index is 13.4. The predicted molar refractivity (Wildman–Crippen MR) is 56.5 cm³/mol. The van der Waals surface area contributed by atoms with E-state index in [0.717, 1.165) is 18.3 Å². The molecule has 0 aliphatic carbocycles. The van der Waals surface area contributed by atoms with E-state index in [9.17, 15) is 18.0 Å². The fraction of sp³-hybridized carbons (Fsp3) is 0. The number of halogens is 3. The van der Waals surface area contributed by atoms with Crippen molar-refractivity contribution in [3.8, 4) is 11.1 Å². The van der Waals surface area contributed by atoms with Crippen molar-refractivity contribution in [2.75, 3.05) is 0 Å². The number of aromatic carboxylic acids is 1. The van der Waals surface area contributed by atoms with Crippen molar-refractivity contribution in [1.29, 1.82) is 0 Å². The quantitative estimate of drug-likeness (QED) is 0.895. The van der Waals surface area contributed by atoms with Gasteiger partial charge in [0.2, 0.25) is 0 Å². The van der Waals surface area contributed by atoms with Crippen LogP contribution in [0.5, 0.6) is 0 Å². The summed E-state index contributed by atoms with van der Waals surface area (Å²) in [7, 11) is 0. The molecule has 0 unspecified atom stereocenters. The average molecular weight is 253 g/mol. The summed E-state index contributed by atoms with van der Waals surface area (Å²) in [6.45, 7) is 0. The van der Waals surface area contributed by atoms with Crippen molar-refractivity contribution in [3.05, 3.63) is 53.6 Å². The van der Waals surface area contributed by atoms with Gasteiger partial charge < -0.3 is 5.11 Å². The average Bonchev–Trinajstić information content (AvgIpc) is 2.32. The summed E-state index contributed by atoms with van der Waals surface area (Å²) in [6.07, 6.45) is 0.977. The van der Waals surface area contributed by atoms with E-state index in [4.69, 9.17) is 5.11 Å². The summed E-state index contributed by atoms with van der Waals surface area (Å²) in [4.78, 5) is 13.9. The summed E-state index contributed by atoms with van der Waals surface area (Å²) in [6, 6.07) is 4.23. The first kappa shape index (κ1) is 12.1. The van der Waals surface area contributed by atoms with Gasteiger partial charge in [-0.15, -0.1) is 0 Å². The Morgan fingerprint density at radius 3 is 2.50 bits per heavy atom. The molecule has 0 saturated carbocycles. The van der Waals surface area contributed by atoms with Crippen molar-refractivity contribution in [3.63, 3.8) is 0 Å². The number of carboxylic acid groups (broad SMARTS) is 1. The number of carbonyl (C=O) groups is 1. The molecule has 1 N–H and O–H groups in total. The third-order valence-corrected chi connectivity index (χ3v) is 2.31. The van der Waals surface area contributed by atoms with Gasteiger partial charge >= 0.3 is 5.97 Å². The second kappa shape index (κ2) is 4.48. The molecular weight excluding hydrogens is 247 g/mol. The Labute approximate surface area is 99.5 Å². The van der Waals surface area contributed by atoms with Crippen LogP contribution in [0.1, 0.15) is 10.5 Å². The summed E-state index contributed by atoms with van der Waals surface area (Å²) >= 11 is 0. The number of hydrogen-bond donors (Lipinski definition) is 1. The minimum absolute atomic E-state index is 0.0329. The van der Waals surface area contributed by atoms with Crippen LogP contribution in [0.15, 0.2) is 30.5 Å². The van der Waals surface area contributed by atoms with Crippen molar-refractivity contribution in [2.24, 2.45) is 0 Å². The molecule has 6 heteroatoms. The van der Waals surface area contributed by atoms with Crippen LogP contribution in [0, 0.1) is 17.5 Å². The van der Waals surface area contributed by atoms with E-state index >= 15 is 0 Å². The first-order chi connectivity index (χ1) is 8.50. The van der Waals surface area contributed by atoms with Gasteiger partial charge in [-0.2, -0.15) is 0 Å². The van der Waals surface area contributed by atoms with Crippen LogP contribution < -0.4 is 0 Å². The molecule has 0 aliphatic rings. The minimum Gasteiger partial charge on any atom is -0.476 e. The van der Waals surface area contributed by atoms with Gasteiger partial charge in [0.15, 0.2) is 23.1 Å². The fourth-order valence-electron chi connectivity index (χ4n) is 1.47. The predicted octanol–water partition coefficient (Wildman–Crippen LogP) is 2.86. The van der Waals surface area contributed by atoms with Crippen LogP contribution in [0.3, 0.4) is 0 Å². The Morgan fingerprint density at radius 1 is 1.17 bits per heavy atom. The van der Waals surface area contributed by atoms with E-state index in [1.54, 1.807) is 0 Å². The molecule has 1 aromatic heterocycles. The number of nitrogens with zero attached hydrogens (tertiary/aromatic N) is 1. The highest BCUT2D eigenvalue weighted by atomic mass is 19.2. The Bertz CT molecular complexity index is 629. The molecule has 0 bridgehead atoms. The van der Waals surface area contributed by atoms with Crippen molar-refractivity contribution < 1.29 is 23.1 Å². The first-order valence-corrected chi connectivity index (χ1v) is 4.84. The smallest absolute Gasteiger partial charge is 0.357 e. The molecule has 1 heterocycles. The van der Waals surface area contributed by atoms with Gasteiger partial charge in [-0.3, -0.25) is 0 Å². The maximum absolute atomic E-state index is 13.4. The number of hydrogen-bond acceptors (Lipinski definition) is 2. The highest BCUT2D eigenvalue weighted by molar-refractivity contribution is 5.86. The third-order valence-electron chi connectivity index (χ3n) is 2.31. The molecule has 3 nitrogen and oxygen atoms in total. The zero-order chi connectivity index (χ0) is 13.3. The second-order valence-corrected chi connectivity index (χ2v) is 3.46. The van der Waals surface area contributed by atoms with Crippen LogP contribution in [-0.4, -0.2) is 16.1 Å². The summed E-state index contributed by atoms with van der Waals surface area (Å²) in [5.41, 5.74) is -0.983. The summed E-state index contributed by atoms with van der Waals surface area (Å²) < 4.78 is 39.8. The lowest BCUT2D eigenvalue weighted by Gasteiger charge is -2.05. The van der Waals surface area contributed by atoms with Gasteiger partial charge in [-0.05, 0) is 12.1 Å². The highest BCUT2D eigenvalue weighted by Crippen LogP contribution is 2.24. The number of benzene rings is 1. The van der Waals surface area contributed by atoms with Crippen LogP contribution in [0.25, 0.3) is 11.1 Å². The number of carboxylic acids is 1. The summed E-state index contributed by atoms with van der Waals surface area (Å²) in [5, 5.41) is 8.59. The maximum Gasteiger partial charge on any atom is 0.357 e. The molecule has 1 aromatic carbocycles. The number of pyridine rings is 1. The SMILES string of the molecule is O=C(O)c1ncc(-c2cccc(F)c2F)cc1F. The van der Waals surface area contributed by atoms with E-state index < -0.39 is 29.1 Å². The van der Waals surface area contributed by atoms with E-state index in [1.165, 1.54) is 12.1 Å². The molecular formula is C12H6F3NO2. The van der Waals surface area contributed by atoms with Crippen molar-refractivity contribution in [2.45, 2.75) is 0 Å². The number of rotatable bonds is 2. The molecule has 0 atom stereocenters. The molecule has 0 spiro atoms. The monoisotopic (exact) mass is 253 g/mol. The molecule has 2 aromatic rings. The van der Waals surface area contributed by atoms with Gasteiger partial charge in [0, 0.05) is 17.3 Å². The number of aromatic nitrogens is 1. The van der Waals surface area contributed by atoms with Crippen LogP contribution in [-0.2, 0) is 0 Å². The Kier molecular flexibility index (Phi) is 3.01. The van der Waals surface area contributed by atoms with E-state index in [2.05, 4.69) is 4.98 Å². The van der Waals surface area contributed by atoms with Gasteiger partial charge in [0.05, 0.1) is 0 Å². The van der Waals surface area contributed by atoms with Gasteiger partial charge in [0.1, 0.15) is 0 Å². The lowest BCUT2D eigenvalue weighted by atomic mass is 10.1. The topological polar surface area (TPSA) is 50.2 Å². The largest absolute Gasteiger partial charge is 0.476 e. The molecule has 18 heavy (non-hydrogen) atoms. The zero-order valence-electron chi connectivity index (χ0n) is 8.82. The lowest BCUT2D eigenvalue weighted by molar-refractivity contribution is 0.0685. The standard InChI is InChI=1S/C12H6F3NO2/c13-8-3-1-2-7(10(8)15)6-4-9(14)11(12(17)18)16-5-6/h1-5H,(H,17,18). The van der Waals surface area contributed by atoms with Crippen molar-refractivity contribution >= 4 is 5.97 Å². The van der Waals surface area contributed by atoms with E-state index in [0.29, 0.717) is 0 Å². The van der Waals surface area contributed by atoms with Crippen LogP contribution in [0.4, 0.5) is 13.2 Å². The molecule has 0 amide bonds. The summed E-state index contributed by atoms with van der Waals surface area (Å²) in [5.74, 6) is -4.85. The third kappa shape index (κ3) is 2.04. The lowest BCUT2D eigenvalue weighted by Crippen LogP contribution is -2.04. The highest BCUT2D eigenvalue weighted by Gasteiger charge is 2.15. The van der Waals surface area contributed by atoms with Crippen LogP contribution in [0.2, 0.25) is 0 Å². The molecule has 2 rings (SSSR count). The minimum atomic E-state index is -1.53.